The summed E-state index contributed by atoms with van der Waals surface area (Å²) in [6.07, 6.45) is 0. The lowest BCUT2D eigenvalue weighted by atomic mass is 9.78. The van der Waals surface area contributed by atoms with Gasteiger partial charge in [0.05, 0.1) is 12.7 Å². The molecule has 0 spiro atoms. The van der Waals surface area contributed by atoms with Gasteiger partial charge in [-0.05, 0) is 23.6 Å². The van der Waals surface area contributed by atoms with Crippen molar-refractivity contribution in [3.8, 4) is 5.75 Å². The van der Waals surface area contributed by atoms with Crippen LogP contribution >= 0.6 is 0 Å². The standard InChI is InChI=1S/C25H18O3/c1-27-23-16-15-22(18-11-5-6-12-19(18)23)25(17-9-3-2-4-10-17)21-14-8-7-13-20(21)24(26)28-25/h2-16H,1H3. The SMILES string of the molecule is COc1ccc(C2(c3ccccc3)OC(=O)c3ccccc32)c2ccccc12. The fourth-order valence-corrected chi connectivity index (χ4v) is 4.22. The highest BCUT2D eigenvalue weighted by molar-refractivity contribution is 5.99. The summed E-state index contributed by atoms with van der Waals surface area (Å²) in [5.41, 5.74) is 2.31. The third-order valence-corrected chi connectivity index (χ3v) is 5.44. The third-order valence-electron chi connectivity index (χ3n) is 5.44. The van der Waals surface area contributed by atoms with Crippen molar-refractivity contribution >= 4 is 16.7 Å². The van der Waals surface area contributed by atoms with Crippen LogP contribution in [0, 0.1) is 0 Å². The van der Waals surface area contributed by atoms with Gasteiger partial charge in [-0.15, -0.1) is 0 Å². The molecule has 136 valence electrons. The van der Waals surface area contributed by atoms with Gasteiger partial charge in [0, 0.05) is 22.1 Å². The number of ether oxygens (including phenoxy) is 2. The Kier molecular flexibility index (Phi) is 3.69. The molecule has 3 heteroatoms. The van der Waals surface area contributed by atoms with Crippen LogP contribution in [0.15, 0.2) is 91.0 Å². The number of esters is 1. The Morgan fingerprint density at radius 3 is 2.18 bits per heavy atom. The molecule has 0 N–H and O–H groups in total. The summed E-state index contributed by atoms with van der Waals surface area (Å²) in [5.74, 6) is 0.486. The molecule has 5 rings (SSSR count). The molecule has 0 fully saturated rings. The van der Waals surface area contributed by atoms with Crippen molar-refractivity contribution in [1.82, 2.24) is 0 Å². The molecule has 0 radical (unpaired) electrons. The first-order valence-electron chi connectivity index (χ1n) is 9.20. The van der Waals surface area contributed by atoms with Crippen molar-refractivity contribution in [3.05, 3.63) is 113 Å². The summed E-state index contributed by atoms with van der Waals surface area (Å²) >= 11 is 0. The Morgan fingerprint density at radius 1 is 0.714 bits per heavy atom. The number of methoxy groups -OCH3 is 1. The number of carbonyl (C=O) groups excluding carboxylic acids is 1. The minimum absolute atomic E-state index is 0.306. The molecule has 1 aliphatic rings. The summed E-state index contributed by atoms with van der Waals surface area (Å²) in [6.45, 7) is 0. The lowest BCUT2D eigenvalue weighted by Crippen LogP contribution is -2.29. The summed E-state index contributed by atoms with van der Waals surface area (Å²) in [4.78, 5) is 12.8. The molecular weight excluding hydrogens is 348 g/mol. The van der Waals surface area contributed by atoms with Crippen LogP contribution in [0.25, 0.3) is 10.8 Å². The van der Waals surface area contributed by atoms with E-state index in [0.717, 1.165) is 33.2 Å². The van der Waals surface area contributed by atoms with Crippen molar-refractivity contribution < 1.29 is 14.3 Å². The molecule has 1 heterocycles. The van der Waals surface area contributed by atoms with Crippen LogP contribution in [0.1, 0.15) is 27.0 Å². The highest BCUT2D eigenvalue weighted by Crippen LogP contribution is 2.49. The number of cyclic esters (lactones) is 1. The van der Waals surface area contributed by atoms with Gasteiger partial charge < -0.3 is 9.47 Å². The van der Waals surface area contributed by atoms with Crippen LogP contribution < -0.4 is 4.74 Å². The van der Waals surface area contributed by atoms with Crippen LogP contribution in [0.3, 0.4) is 0 Å². The van der Waals surface area contributed by atoms with Crippen molar-refractivity contribution in [2.75, 3.05) is 7.11 Å². The number of benzene rings is 4. The molecule has 0 aliphatic carbocycles. The topological polar surface area (TPSA) is 35.5 Å². The number of hydrogen-bond donors (Lipinski definition) is 0. The minimum atomic E-state index is -0.999. The van der Waals surface area contributed by atoms with Crippen LogP contribution in [0.2, 0.25) is 0 Å². The zero-order chi connectivity index (χ0) is 19.1. The van der Waals surface area contributed by atoms with Gasteiger partial charge in [-0.3, -0.25) is 0 Å². The molecule has 4 aromatic rings. The normalized spacial score (nSPS) is 18.0. The zero-order valence-electron chi connectivity index (χ0n) is 15.4. The maximum absolute atomic E-state index is 12.8. The monoisotopic (exact) mass is 366 g/mol. The van der Waals surface area contributed by atoms with E-state index in [-0.39, 0.29) is 5.97 Å². The quantitative estimate of drug-likeness (QED) is 0.461. The minimum Gasteiger partial charge on any atom is -0.496 e. The van der Waals surface area contributed by atoms with Gasteiger partial charge in [0.1, 0.15) is 5.75 Å². The average molecular weight is 366 g/mol. The second-order valence-electron chi connectivity index (χ2n) is 6.84. The molecule has 3 nitrogen and oxygen atoms in total. The average Bonchev–Trinajstić information content (AvgIpc) is 3.07. The first-order chi connectivity index (χ1) is 13.8. The Bertz CT molecular complexity index is 1200. The Hall–Kier alpha value is -3.59. The van der Waals surface area contributed by atoms with Gasteiger partial charge in [0.15, 0.2) is 5.60 Å². The first-order valence-corrected chi connectivity index (χ1v) is 9.20. The second-order valence-corrected chi connectivity index (χ2v) is 6.84. The Morgan fingerprint density at radius 2 is 1.39 bits per heavy atom. The van der Waals surface area contributed by atoms with E-state index in [1.54, 1.807) is 7.11 Å². The predicted molar refractivity (Wildman–Crippen MR) is 109 cm³/mol. The maximum Gasteiger partial charge on any atom is 0.340 e. The van der Waals surface area contributed by atoms with Gasteiger partial charge in [-0.2, -0.15) is 0 Å². The summed E-state index contributed by atoms with van der Waals surface area (Å²) in [5, 5.41) is 1.98. The molecule has 0 saturated heterocycles. The molecule has 4 aromatic carbocycles. The van der Waals surface area contributed by atoms with Crippen LogP contribution in [-0.4, -0.2) is 13.1 Å². The van der Waals surface area contributed by atoms with Crippen molar-refractivity contribution in [1.29, 1.82) is 0 Å². The van der Waals surface area contributed by atoms with Gasteiger partial charge in [0.25, 0.3) is 0 Å². The van der Waals surface area contributed by atoms with Gasteiger partial charge in [-0.1, -0.05) is 72.8 Å². The van der Waals surface area contributed by atoms with E-state index in [0.29, 0.717) is 5.56 Å². The molecule has 28 heavy (non-hydrogen) atoms. The summed E-state index contributed by atoms with van der Waals surface area (Å²) in [6, 6.07) is 29.5. The van der Waals surface area contributed by atoms with E-state index in [2.05, 4.69) is 0 Å². The van der Waals surface area contributed by atoms with Crippen LogP contribution in [0.4, 0.5) is 0 Å². The molecule has 1 unspecified atom stereocenters. The lowest BCUT2D eigenvalue weighted by Gasteiger charge is -2.31. The fraction of sp³-hybridized carbons (Fsp3) is 0.0800. The van der Waals surface area contributed by atoms with E-state index < -0.39 is 5.60 Å². The van der Waals surface area contributed by atoms with E-state index in [9.17, 15) is 4.79 Å². The lowest BCUT2D eigenvalue weighted by molar-refractivity contribution is 0.0256. The van der Waals surface area contributed by atoms with E-state index >= 15 is 0 Å². The molecule has 0 amide bonds. The molecule has 0 bridgehead atoms. The smallest absolute Gasteiger partial charge is 0.340 e. The van der Waals surface area contributed by atoms with E-state index in [4.69, 9.17) is 9.47 Å². The Labute approximate surface area is 163 Å². The van der Waals surface area contributed by atoms with E-state index in [1.165, 1.54) is 0 Å². The van der Waals surface area contributed by atoms with E-state index in [1.807, 2.05) is 91.0 Å². The van der Waals surface area contributed by atoms with Crippen molar-refractivity contribution in [2.45, 2.75) is 5.60 Å². The number of hydrogen-bond acceptors (Lipinski definition) is 3. The molecule has 1 atom stereocenters. The van der Waals surface area contributed by atoms with Crippen LogP contribution in [0.5, 0.6) is 5.75 Å². The fourth-order valence-electron chi connectivity index (χ4n) is 4.22. The zero-order valence-corrected chi connectivity index (χ0v) is 15.4. The largest absolute Gasteiger partial charge is 0.496 e. The third kappa shape index (κ3) is 2.20. The van der Waals surface area contributed by atoms with Crippen molar-refractivity contribution in [3.63, 3.8) is 0 Å². The second kappa shape index (κ2) is 6.24. The highest BCUT2D eigenvalue weighted by atomic mass is 16.6. The van der Waals surface area contributed by atoms with Crippen LogP contribution in [-0.2, 0) is 10.3 Å². The predicted octanol–water partition coefficient (Wildman–Crippen LogP) is 5.31. The Balaban J connectivity index is 1.92. The first kappa shape index (κ1) is 16.6. The molecule has 0 aromatic heterocycles. The number of fused-ring (bicyclic) bond motifs is 2. The summed E-state index contributed by atoms with van der Waals surface area (Å²) < 4.78 is 11.8. The number of carbonyl (C=O) groups is 1. The highest BCUT2D eigenvalue weighted by Gasteiger charge is 2.49. The van der Waals surface area contributed by atoms with Crippen molar-refractivity contribution in [2.24, 2.45) is 0 Å². The molecule has 1 aliphatic heterocycles. The molecular formula is C25H18O3. The number of rotatable bonds is 3. The maximum atomic E-state index is 12.8. The van der Waals surface area contributed by atoms with Gasteiger partial charge >= 0.3 is 5.97 Å². The van der Waals surface area contributed by atoms with Gasteiger partial charge in [-0.25, -0.2) is 4.79 Å². The van der Waals surface area contributed by atoms with Gasteiger partial charge in [0.2, 0.25) is 0 Å². The molecule has 0 saturated carbocycles. The summed E-state index contributed by atoms with van der Waals surface area (Å²) in [7, 11) is 1.67.